The minimum absolute atomic E-state index is 0.0446. The van der Waals surface area contributed by atoms with Gasteiger partial charge < -0.3 is 16.0 Å². The van der Waals surface area contributed by atoms with Gasteiger partial charge in [0.1, 0.15) is 0 Å². The maximum absolute atomic E-state index is 12.9. The van der Waals surface area contributed by atoms with Crippen LogP contribution in [0.2, 0.25) is 0 Å². The third-order valence-corrected chi connectivity index (χ3v) is 4.26. The Morgan fingerprint density at radius 1 is 1.22 bits per heavy atom. The first-order chi connectivity index (χ1) is 11.0. The summed E-state index contributed by atoms with van der Waals surface area (Å²) in [5, 5.41) is 2.90. The lowest BCUT2D eigenvalue weighted by atomic mass is 9.99. The highest BCUT2D eigenvalue weighted by Gasteiger charge is 2.27. The van der Waals surface area contributed by atoms with Crippen molar-refractivity contribution in [1.29, 1.82) is 0 Å². The number of nitrogens with two attached hydrogens (primary N) is 1. The lowest BCUT2D eigenvalue weighted by molar-refractivity contribution is -0.121. The predicted octanol–water partition coefficient (Wildman–Crippen LogP) is 1.76. The van der Waals surface area contributed by atoms with Gasteiger partial charge in [-0.05, 0) is 45.2 Å². The van der Waals surface area contributed by atoms with Crippen molar-refractivity contribution in [1.82, 2.24) is 10.2 Å². The van der Waals surface area contributed by atoms with E-state index >= 15 is 0 Å². The second kappa shape index (κ2) is 8.11. The summed E-state index contributed by atoms with van der Waals surface area (Å²) in [7, 11) is 0. The average molecular weight is 317 g/mol. The molecule has 3 N–H and O–H groups in total. The van der Waals surface area contributed by atoms with Crippen molar-refractivity contribution in [3.8, 4) is 0 Å². The maximum Gasteiger partial charge on any atom is 0.254 e. The average Bonchev–Trinajstić information content (AvgIpc) is 2.52. The monoisotopic (exact) mass is 317 g/mol. The molecule has 1 aromatic carbocycles. The fourth-order valence-corrected chi connectivity index (χ4v) is 3.20. The fraction of sp³-hybridized carbons (Fsp3) is 0.556. The van der Waals surface area contributed by atoms with Crippen molar-refractivity contribution in [2.75, 3.05) is 19.6 Å². The summed E-state index contributed by atoms with van der Waals surface area (Å²) in [4.78, 5) is 26.4. The summed E-state index contributed by atoms with van der Waals surface area (Å²) in [6, 6.07) is 6.01. The van der Waals surface area contributed by atoms with Crippen molar-refractivity contribution in [2.24, 2.45) is 5.73 Å². The van der Waals surface area contributed by atoms with Gasteiger partial charge in [-0.25, -0.2) is 0 Å². The number of nitrogens with zero attached hydrogens (tertiary/aromatic N) is 1. The van der Waals surface area contributed by atoms with Crippen LogP contribution in [0.1, 0.15) is 47.2 Å². The van der Waals surface area contributed by atoms with E-state index in [1.54, 1.807) is 0 Å². The molecule has 23 heavy (non-hydrogen) atoms. The highest BCUT2D eigenvalue weighted by molar-refractivity contribution is 5.95. The van der Waals surface area contributed by atoms with Gasteiger partial charge in [0.15, 0.2) is 0 Å². The minimum atomic E-state index is -0.0446. The number of nitrogens with one attached hydrogen (secondary N) is 1. The molecule has 2 amide bonds. The van der Waals surface area contributed by atoms with Crippen LogP contribution in [0.15, 0.2) is 18.2 Å². The first-order valence-corrected chi connectivity index (χ1v) is 8.37. The lowest BCUT2D eigenvalue weighted by Gasteiger charge is -2.36. The Balaban J connectivity index is 2.07. The molecule has 1 unspecified atom stereocenters. The largest absolute Gasteiger partial charge is 0.354 e. The summed E-state index contributed by atoms with van der Waals surface area (Å²) in [6.45, 7) is 5.62. The van der Waals surface area contributed by atoms with Crippen LogP contribution in [-0.4, -0.2) is 42.4 Å². The molecule has 1 heterocycles. The molecule has 1 atom stereocenters. The number of carbonyl (C=O) groups is 2. The van der Waals surface area contributed by atoms with Gasteiger partial charge in [-0.2, -0.15) is 0 Å². The molecule has 0 radical (unpaired) electrons. The second-order valence-corrected chi connectivity index (χ2v) is 6.37. The minimum Gasteiger partial charge on any atom is -0.354 e. The lowest BCUT2D eigenvalue weighted by Crippen LogP contribution is -2.49. The molecule has 5 heteroatoms. The number of likely N-dealkylation sites (tertiary alicyclic amines) is 1. The number of piperidine rings is 1. The normalized spacial score (nSPS) is 17.9. The summed E-state index contributed by atoms with van der Waals surface area (Å²) in [5.41, 5.74) is 8.32. The number of hydrogen-bond donors (Lipinski definition) is 2. The van der Waals surface area contributed by atoms with Crippen LogP contribution in [0.4, 0.5) is 0 Å². The Bertz CT molecular complexity index is 551. The molecular weight excluding hydrogens is 290 g/mol. The third-order valence-electron chi connectivity index (χ3n) is 4.26. The molecule has 1 fully saturated rings. The SMILES string of the molecule is Cc1cc(C)cc(C(=O)N2CCCCC2CNC(=O)CCN)c1. The van der Waals surface area contributed by atoms with Crippen molar-refractivity contribution >= 4 is 11.8 Å². The molecule has 5 nitrogen and oxygen atoms in total. The number of amides is 2. The zero-order chi connectivity index (χ0) is 16.8. The first-order valence-electron chi connectivity index (χ1n) is 8.37. The summed E-state index contributed by atoms with van der Waals surface area (Å²) in [5.74, 6) is 0.0199. The number of carbonyl (C=O) groups excluding carboxylic acids is 2. The predicted molar refractivity (Wildman–Crippen MR) is 91.3 cm³/mol. The van der Waals surface area contributed by atoms with E-state index in [1.165, 1.54) is 0 Å². The molecule has 0 saturated carbocycles. The Morgan fingerprint density at radius 3 is 2.57 bits per heavy atom. The number of hydrogen-bond acceptors (Lipinski definition) is 3. The topological polar surface area (TPSA) is 75.4 Å². The molecule has 1 aliphatic rings. The van der Waals surface area contributed by atoms with E-state index in [1.807, 2.05) is 30.9 Å². The molecule has 0 aliphatic carbocycles. The molecule has 0 aromatic heterocycles. The van der Waals surface area contributed by atoms with E-state index < -0.39 is 0 Å². The second-order valence-electron chi connectivity index (χ2n) is 6.37. The zero-order valence-corrected chi connectivity index (χ0v) is 14.1. The summed E-state index contributed by atoms with van der Waals surface area (Å²) < 4.78 is 0. The Kier molecular flexibility index (Phi) is 6.16. The van der Waals surface area contributed by atoms with Crippen molar-refractivity contribution in [3.63, 3.8) is 0 Å². The standard InChI is InChI=1S/C18H27N3O2/c1-13-9-14(2)11-15(10-13)18(23)21-8-4-3-5-16(21)12-20-17(22)6-7-19/h9-11,16H,3-8,12,19H2,1-2H3,(H,20,22). The van der Waals surface area contributed by atoms with Crippen LogP contribution >= 0.6 is 0 Å². The molecule has 0 bridgehead atoms. The molecule has 126 valence electrons. The number of aryl methyl sites for hydroxylation is 2. The Hall–Kier alpha value is -1.88. The number of benzene rings is 1. The van der Waals surface area contributed by atoms with Gasteiger partial charge in [0.2, 0.25) is 5.91 Å². The van der Waals surface area contributed by atoms with Gasteiger partial charge in [-0.15, -0.1) is 0 Å². The quantitative estimate of drug-likeness (QED) is 0.869. The van der Waals surface area contributed by atoms with Crippen molar-refractivity contribution in [3.05, 3.63) is 34.9 Å². The first kappa shape index (κ1) is 17.5. The van der Waals surface area contributed by atoms with Crippen LogP contribution in [0.3, 0.4) is 0 Å². The third kappa shape index (κ3) is 4.79. The van der Waals surface area contributed by atoms with Gasteiger partial charge in [0, 0.05) is 37.7 Å². The molecule has 1 saturated heterocycles. The summed E-state index contributed by atoms with van der Waals surface area (Å²) in [6.07, 6.45) is 3.37. The highest BCUT2D eigenvalue weighted by atomic mass is 16.2. The van der Waals surface area contributed by atoms with Crippen LogP contribution in [0, 0.1) is 13.8 Å². The molecule has 1 aliphatic heterocycles. The van der Waals surface area contributed by atoms with E-state index in [-0.39, 0.29) is 17.9 Å². The van der Waals surface area contributed by atoms with Crippen LogP contribution < -0.4 is 11.1 Å². The maximum atomic E-state index is 12.9. The van der Waals surface area contributed by atoms with Crippen LogP contribution in [0.25, 0.3) is 0 Å². The molecular formula is C18H27N3O2. The van der Waals surface area contributed by atoms with Gasteiger partial charge in [-0.3, -0.25) is 9.59 Å². The van der Waals surface area contributed by atoms with Gasteiger partial charge in [0.05, 0.1) is 0 Å². The van der Waals surface area contributed by atoms with E-state index in [2.05, 4.69) is 11.4 Å². The number of rotatable bonds is 5. The van der Waals surface area contributed by atoms with E-state index in [9.17, 15) is 9.59 Å². The van der Waals surface area contributed by atoms with E-state index in [0.29, 0.717) is 19.5 Å². The van der Waals surface area contributed by atoms with Crippen LogP contribution in [0.5, 0.6) is 0 Å². The van der Waals surface area contributed by atoms with Gasteiger partial charge in [-0.1, -0.05) is 17.2 Å². The van der Waals surface area contributed by atoms with Crippen molar-refractivity contribution < 1.29 is 9.59 Å². The van der Waals surface area contributed by atoms with Crippen LogP contribution in [-0.2, 0) is 4.79 Å². The Morgan fingerprint density at radius 2 is 1.91 bits per heavy atom. The highest BCUT2D eigenvalue weighted by Crippen LogP contribution is 2.20. The van der Waals surface area contributed by atoms with Gasteiger partial charge in [0.25, 0.3) is 5.91 Å². The molecule has 0 spiro atoms. The zero-order valence-electron chi connectivity index (χ0n) is 14.1. The van der Waals surface area contributed by atoms with Crippen molar-refractivity contribution in [2.45, 2.75) is 45.6 Å². The smallest absolute Gasteiger partial charge is 0.254 e. The van der Waals surface area contributed by atoms with Gasteiger partial charge >= 0.3 is 0 Å². The molecule has 1 aromatic rings. The van der Waals surface area contributed by atoms with E-state index in [4.69, 9.17) is 5.73 Å². The fourth-order valence-electron chi connectivity index (χ4n) is 3.20. The summed E-state index contributed by atoms with van der Waals surface area (Å²) >= 11 is 0. The molecule has 2 rings (SSSR count). The van der Waals surface area contributed by atoms with E-state index in [0.717, 1.165) is 42.5 Å². The Labute approximate surface area is 138 Å².